The summed E-state index contributed by atoms with van der Waals surface area (Å²) in [5.74, 6) is 5.68. The van der Waals surface area contributed by atoms with Crippen molar-refractivity contribution in [3.63, 3.8) is 0 Å². The summed E-state index contributed by atoms with van der Waals surface area (Å²) in [5.41, 5.74) is 0. The summed E-state index contributed by atoms with van der Waals surface area (Å²) in [6.07, 6.45) is 1.03. The average molecular weight is 145 g/mol. The molecule has 0 aromatic carbocycles. The predicted octanol–water partition coefficient (Wildman–Crippen LogP) is -0.456. The highest BCUT2D eigenvalue weighted by Crippen LogP contribution is 1.68. The lowest BCUT2D eigenvalue weighted by Gasteiger charge is -1.93. The Morgan fingerprint density at radius 1 is 1.73 bits per heavy atom. The van der Waals surface area contributed by atoms with Crippen molar-refractivity contribution < 1.29 is 0 Å². The zero-order valence-corrected chi connectivity index (χ0v) is 6.68. The molecule has 0 aliphatic rings. The first kappa shape index (κ1) is 9.83. The van der Waals surface area contributed by atoms with Crippen LogP contribution in [0.3, 0.4) is 0 Å². The molecule has 5 heteroatoms. The van der Waals surface area contributed by atoms with Crippen LogP contribution in [0.4, 0.5) is 0 Å². The fourth-order valence-electron chi connectivity index (χ4n) is 0.413. The second-order valence-corrected chi connectivity index (χ2v) is 1.62. The van der Waals surface area contributed by atoms with Gasteiger partial charge in [-0.2, -0.15) is 0 Å². The van der Waals surface area contributed by atoms with Crippen molar-refractivity contribution in [1.29, 1.82) is 5.41 Å². The standard InChI is InChI=1S/C6H9B2N3/c1-7-8-11-6(10-2)4-3-5-9/h5,9H,1-2H3,(H,10,11). The smallest absolute Gasteiger partial charge is 0.228 e. The van der Waals surface area contributed by atoms with Crippen LogP contribution >= 0.6 is 0 Å². The molecule has 2 radical (unpaired) electrons. The number of nitrogens with one attached hydrogen (secondary N) is 2. The van der Waals surface area contributed by atoms with Crippen molar-refractivity contribution in [2.24, 2.45) is 4.90 Å². The molecule has 0 aliphatic carbocycles. The lowest BCUT2D eigenvalue weighted by molar-refractivity contribution is 1.19. The first-order chi connectivity index (χ1) is 5.35. The number of nitrogens with zero attached hydrogens (tertiary/aromatic N) is 1. The Morgan fingerprint density at radius 3 is 2.91 bits per heavy atom. The summed E-state index contributed by atoms with van der Waals surface area (Å²) in [7, 11) is 5.19. The summed E-state index contributed by atoms with van der Waals surface area (Å²) in [6, 6.07) is 0. The summed E-state index contributed by atoms with van der Waals surface area (Å²) >= 11 is 0. The molecule has 0 heterocycles. The molecule has 11 heavy (non-hydrogen) atoms. The molecule has 0 unspecified atom stereocenters. The maximum absolute atomic E-state index is 6.65. The molecular weight excluding hydrogens is 136 g/mol. The van der Waals surface area contributed by atoms with E-state index in [2.05, 4.69) is 22.1 Å². The van der Waals surface area contributed by atoms with Crippen LogP contribution in [-0.4, -0.2) is 33.6 Å². The largest absolute Gasteiger partial charge is 0.367 e. The van der Waals surface area contributed by atoms with E-state index >= 15 is 0 Å². The Hall–Kier alpha value is -1.17. The van der Waals surface area contributed by atoms with Gasteiger partial charge in [-0.15, -0.1) is 0 Å². The minimum absolute atomic E-state index is 0.562. The van der Waals surface area contributed by atoms with Crippen molar-refractivity contribution in [3.05, 3.63) is 0 Å². The Bertz CT molecular complexity index is 202. The van der Waals surface area contributed by atoms with Crippen LogP contribution in [0.25, 0.3) is 0 Å². The second-order valence-electron chi connectivity index (χ2n) is 1.62. The molecule has 2 N–H and O–H groups in total. The number of hydrogen-bond acceptors (Lipinski definition) is 2. The highest BCUT2D eigenvalue weighted by Gasteiger charge is 1.87. The fraction of sp³-hybridized carbons (Fsp3) is 0.333. The maximum Gasteiger partial charge on any atom is 0.228 e. The molecule has 0 bridgehead atoms. The number of hydrogen-bond donors (Lipinski definition) is 2. The van der Waals surface area contributed by atoms with E-state index in [4.69, 9.17) is 5.41 Å². The van der Waals surface area contributed by atoms with E-state index in [1.54, 1.807) is 14.4 Å². The molecular formula is C6H9B2N3. The molecule has 0 atom stereocenters. The zero-order valence-electron chi connectivity index (χ0n) is 6.68. The van der Waals surface area contributed by atoms with E-state index in [0.717, 1.165) is 6.21 Å². The van der Waals surface area contributed by atoms with Gasteiger partial charge in [0, 0.05) is 7.05 Å². The third kappa shape index (κ3) is 5.28. The highest BCUT2D eigenvalue weighted by molar-refractivity contribution is 6.99. The van der Waals surface area contributed by atoms with Gasteiger partial charge >= 0.3 is 0 Å². The first-order valence-corrected chi connectivity index (χ1v) is 3.22. The lowest BCUT2D eigenvalue weighted by atomic mass is 9.49. The van der Waals surface area contributed by atoms with Crippen LogP contribution in [-0.2, 0) is 0 Å². The molecule has 3 nitrogen and oxygen atoms in total. The van der Waals surface area contributed by atoms with Crippen molar-refractivity contribution in [2.45, 2.75) is 6.82 Å². The molecule has 0 aliphatic heterocycles. The van der Waals surface area contributed by atoms with E-state index in [-0.39, 0.29) is 0 Å². The lowest BCUT2D eigenvalue weighted by Crippen LogP contribution is -2.18. The molecule has 0 amide bonds. The van der Waals surface area contributed by atoms with Gasteiger partial charge in [0.2, 0.25) is 7.31 Å². The average Bonchev–Trinajstić information content (AvgIpc) is 2.05. The maximum atomic E-state index is 6.65. The van der Waals surface area contributed by atoms with Crippen molar-refractivity contribution >= 4 is 26.5 Å². The molecule has 0 fully saturated rings. The second kappa shape index (κ2) is 6.94. The molecule has 0 aromatic rings. The third-order valence-electron chi connectivity index (χ3n) is 0.852. The van der Waals surface area contributed by atoms with Gasteiger partial charge in [0.1, 0.15) is 0 Å². The molecule has 0 aromatic heterocycles. The van der Waals surface area contributed by atoms with E-state index in [9.17, 15) is 0 Å². The molecule has 0 saturated heterocycles. The van der Waals surface area contributed by atoms with Crippen LogP contribution in [0.1, 0.15) is 0 Å². The van der Waals surface area contributed by atoms with E-state index in [1.165, 1.54) is 0 Å². The van der Waals surface area contributed by atoms with E-state index < -0.39 is 0 Å². The van der Waals surface area contributed by atoms with Gasteiger partial charge in [-0.3, -0.25) is 5.41 Å². The van der Waals surface area contributed by atoms with E-state index in [1.807, 2.05) is 14.0 Å². The van der Waals surface area contributed by atoms with Gasteiger partial charge in [-0.25, -0.2) is 0 Å². The minimum Gasteiger partial charge on any atom is -0.367 e. The van der Waals surface area contributed by atoms with Gasteiger partial charge in [0.25, 0.3) is 0 Å². The Kier molecular flexibility index (Phi) is 6.20. The zero-order chi connectivity index (χ0) is 8.53. The summed E-state index contributed by atoms with van der Waals surface area (Å²) < 4.78 is 0. The molecule has 54 valence electrons. The van der Waals surface area contributed by atoms with Gasteiger partial charge in [0.05, 0.1) is 13.4 Å². The number of rotatable bonds is 2. The first-order valence-electron chi connectivity index (χ1n) is 3.22. The Balaban J connectivity index is 4.03. The van der Waals surface area contributed by atoms with Crippen LogP contribution in [0.2, 0.25) is 6.82 Å². The van der Waals surface area contributed by atoms with Gasteiger partial charge < -0.3 is 10.2 Å². The topological polar surface area (TPSA) is 48.2 Å². The van der Waals surface area contributed by atoms with E-state index in [0.29, 0.717) is 5.84 Å². The summed E-state index contributed by atoms with van der Waals surface area (Å²) in [6.45, 7) is 1.88. The van der Waals surface area contributed by atoms with Crippen LogP contribution in [0.5, 0.6) is 0 Å². The predicted molar refractivity (Wildman–Crippen MR) is 50.4 cm³/mol. The molecule has 0 spiro atoms. The summed E-state index contributed by atoms with van der Waals surface area (Å²) in [5, 5.41) is 9.44. The monoisotopic (exact) mass is 145 g/mol. The Morgan fingerprint density at radius 2 is 2.45 bits per heavy atom. The van der Waals surface area contributed by atoms with Crippen LogP contribution < -0.4 is 5.32 Å². The minimum atomic E-state index is 0.562. The van der Waals surface area contributed by atoms with Crippen molar-refractivity contribution in [3.8, 4) is 11.8 Å². The SMILES string of the molecule is C[B][B]N=C(C#CC=N)NC. The fourth-order valence-corrected chi connectivity index (χ4v) is 0.413. The van der Waals surface area contributed by atoms with Crippen LogP contribution in [0.15, 0.2) is 4.90 Å². The molecule has 0 rings (SSSR count). The quantitative estimate of drug-likeness (QED) is 0.235. The third-order valence-corrected chi connectivity index (χ3v) is 0.852. The Labute approximate surface area is 68.7 Å². The van der Waals surface area contributed by atoms with Crippen molar-refractivity contribution in [2.75, 3.05) is 7.05 Å². The van der Waals surface area contributed by atoms with Crippen molar-refractivity contribution in [1.82, 2.24) is 5.32 Å². The highest BCUT2D eigenvalue weighted by atomic mass is 14.9. The van der Waals surface area contributed by atoms with Gasteiger partial charge in [-0.1, -0.05) is 6.82 Å². The summed E-state index contributed by atoms with van der Waals surface area (Å²) in [4.78, 5) is 3.95. The number of amidine groups is 1. The van der Waals surface area contributed by atoms with Gasteiger partial charge in [0.15, 0.2) is 5.84 Å². The normalized spacial score (nSPS) is 9.09. The van der Waals surface area contributed by atoms with Gasteiger partial charge in [-0.05, 0) is 11.8 Å². The molecule has 0 saturated carbocycles. The van der Waals surface area contributed by atoms with Crippen LogP contribution in [0, 0.1) is 17.3 Å².